The molecule has 4 heteroatoms. The third kappa shape index (κ3) is 2.48. The van der Waals surface area contributed by atoms with Gasteiger partial charge in [-0.3, -0.25) is 9.89 Å². The van der Waals surface area contributed by atoms with E-state index in [1.54, 1.807) is 6.20 Å². The van der Waals surface area contributed by atoms with Crippen molar-refractivity contribution in [1.82, 2.24) is 15.5 Å². The van der Waals surface area contributed by atoms with Crippen LogP contribution in [0.25, 0.3) is 10.9 Å². The largest absolute Gasteiger partial charge is 0.351 e. The smallest absolute Gasteiger partial charge is 0.251 e. The Morgan fingerprint density at radius 2 is 2.32 bits per heavy atom. The van der Waals surface area contributed by atoms with E-state index < -0.39 is 0 Å². The van der Waals surface area contributed by atoms with Gasteiger partial charge in [0.2, 0.25) is 0 Å². The molecule has 0 saturated heterocycles. The minimum atomic E-state index is 0.0129. The van der Waals surface area contributed by atoms with Crippen LogP contribution in [0.4, 0.5) is 0 Å². The van der Waals surface area contributed by atoms with Crippen molar-refractivity contribution < 1.29 is 4.79 Å². The molecule has 1 fully saturated rings. The maximum atomic E-state index is 12.1. The van der Waals surface area contributed by atoms with Crippen LogP contribution in [0.15, 0.2) is 24.4 Å². The lowest BCUT2D eigenvalue weighted by atomic mass is 10.0. The number of aromatic amines is 1. The van der Waals surface area contributed by atoms with Gasteiger partial charge in [0.15, 0.2) is 0 Å². The van der Waals surface area contributed by atoms with E-state index in [0.29, 0.717) is 11.0 Å². The van der Waals surface area contributed by atoms with Crippen LogP contribution < -0.4 is 5.32 Å². The maximum absolute atomic E-state index is 12.1. The summed E-state index contributed by atoms with van der Waals surface area (Å²) < 4.78 is 0. The highest BCUT2D eigenvalue weighted by atomic mass is 16.1. The number of fused-ring (bicyclic) bond motifs is 1. The first-order valence-corrected chi connectivity index (χ1v) is 6.94. The zero-order chi connectivity index (χ0) is 13.3. The molecule has 0 atom stereocenters. The van der Waals surface area contributed by atoms with Crippen molar-refractivity contribution in [2.45, 2.75) is 32.6 Å². The van der Waals surface area contributed by atoms with Crippen LogP contribution >= 0.6 is 0 Å². The Bertz CT molecular complexity index is 598. The van der Waals surface area contributed by atoms with Gasteiger partial charge in [-0.2, -0.15) is 5.10 Å². The van der Waals surface area contributed by atoms with Crippen molar-refractivity contribution in [2.24, 2.45) is 5.41 Å². The predicted molar refractivity (Wildman–Crippen MR) is 75.0 cm³/mol. The van der Waals surface area contributed by atoms with Gasteiger partial charge in [0, 0.05) is 17.5 Å². The highest BCUT2D eigenvalue weighted by molar-refractivity contribution is 5.97. The van der Waals surface area contributed by atoms with Crippen molar-refractivity contribution in [3.8, 4) is 0 Å². The fraction of sp³-hybridized carbons (Fsp3) is 0.467. The molecule has 0 bridgehead atoms. The van der Waals surface area contributed by atoms with Crippen molar-refractivity contribution in [1.29, 1.82) is 0 Å². The van der Waals surface area contributed by atoms with Gasteiger partial charge < -0.3 is 5.32 Å². The van der Waals surface area contributed by atoms with Crippen LogP contribution in [0.1, 0.15) is 43.0 Å². The Morgan fingerprint density at radius 3 is 3.05 bits per heavy atom. The second-order valence-electron chi connectivity index (χ2n) is 5.60. The summed E-state index contributed by atoms with van der Waals surface area (Å²) in [5.41, 5.74) is 1.99. The van der Waals surface area contributed by atoms with E-state index in [1.165, 1.54) is 25.7 Å². The third-order valence-corrected chi connectivity index (χ3v) is 4.07. The van der Waals surface area contributed by atoms with E-state index in [2.05, 4.69) is 22.4 Å². The molecule has 1 amide bonds. The number of carbonyl (C=O) groups excluding carboxylic acids is 1. The summed E-state index contributed by atoms with van der Waals surface area (Å²) in [7, 11) is 0. The van der Waals surface area contributed by atoms with Gasteiger partial charge in [-0.05, 0) is 36.8 Å². The second kappa shape index (κ2) is 4.68. The fourth-order valence-corrected chi connectivity index (χ4v) is 2.67. The molecule has 19 heavy (non-hydrogen) atoms. The number of amides is 1. The topological polar surface area (TPSA) is 57.8 Å². The summed E-state index contributed by atoms with van der Waals surface area (Å²) in [4.78, 5) is 12.1. The summed E-state index contributed by atoms with van der Waals surface area (Å²) in [6.07, 6.45) is 6.67. The number of nitrogens with zero attached hydrogens (tertiary/aromatic N) is 1. The molecule has 0 aliphatic heterocycles. The number of aromatic nitrogens is 2. The molecule has 1 saturated carbocycles. The lowest BCUT2D eigenvalue weighted by Gasteiger charge is -2.14. The third-order valence-electron chi connectivity index (χ3n) is 4.07. The highest BCUT2D eigenvalue weighted by Gasteiger charge is 2.41. The quantitative estimate of drug-likeness (QED) is 0.865. The minimum Gasteiger partial charge on any atom is -0.351 e. The molecule has 1 aliphatic rings. The molecule has 2 aromatic rings. The predicted octanol–water partition coefficient (Wildman–Crippen LogP) is 2.87. The number of hydrogen-bond acceptors (Lipinski definition) is 2. The van der Waals surface area contributed by atoms with Crippen LogP contribution in [0.5, 0.6) is 0 Å². The van der Waals surface area contributed by atoms with Gasteiger partial charge in [-0.15, -0.1) is 0 Å². The van der Waals surface area contributed by atoms with Gasteiger partial charge in [0.1, 0.15) is 0 Å². The lowest BCUT2D eigenvalue weighted by Crippen LogP contribution is -2.30. The Labute approximate surface area is 112 Å². The number of nitrogens with one attached hydrogen (secondary N) is 2. The standard InChI is InChI=1S/C15H19N3O/c1-2-5-15(6-7-15)10-16-14(19)11-3-4-12-9-17-18-13(12)8-11/h3-4,8-9H,2,5-7,10H2,1H3,(H,16,19)(H,17,18). The van der Waals surface area contributed by atoms with E-state index in [4.69, 9.17) is 0 Å². The van der Waals surface area contributed by atoms with Crippen molar-refractivity contribution in [2.75, 3.05) is 6.54 Å². The van der Waals surface area contributed by atoms with Crippen LogP contribution in [-0.2, 0) is 0 Å². The molecule has 1 aliphatic carbocycles. The second-order valence-corrected chi connectivity index (χ2v) is 5.60. The first-order chi connectivity index (χ1) is 9.22. The van der Waals surface area contributed by atoms with Crippen molar-refractivity contribution >= 4 is 16.8 Å². The van der Waals surface area contributed by atoms with Crippen LogP contribution in [0.2, 0.25) is 0 Å². The average Bonchev–Trinajstić information content (AvgIpc) is 3.02. The Kier molecular flexibility index (Phi) is 3.01. The number of hydrogen-bond donors (Lipinski definition) is 2. The highest BCUT2D eigenvalue weighted by Crippen LogP contribution is 2.48. The van der Waals surface area contributed by atoms with Gasteiger partial charge in [0.25, 0.3) is 5.91 Å². The normalized spacial score (nSPS) is 16.5. The molecule has 1 aromatic heterocycles. The van der Waals surface area contributed by atoms with E-state index in [1.807, 2.05) is 18.2 Å². The van der Waals surface area contributed by atoms with E-state index in [0.717, 1.165) is 17.4 Å². The Balaban J connectivity index is 1.66. The maximum Gasteiger partial charge on any atom is 0.251 e. The van der Waals surface area contributed by atoms with Gasteiger partial charge >= 0.3 is 0 Å². The summed E-state index contributed by atoms with van der Waals surface area (Å²) in [6.45, 7) is 3.01. The van der Waals surface area contributed by atoms with Crippen molar-refractivity contribution in [3.05, 3.63) is 30.0 Å². The summed E-state index contributed by atoms with van der Waals surface area (Å²) >= 11 is 0. The number of carbonyl (C=O) groups is 1. The minimum absolute atomic E-state index is 0.0129. The molecule has 1 aromatic carbocycles. The summed E-state index contributed by atoms with van der Waals surface area (Å²) in [5, 5.41) is 11.0. The first-order valence-electron chi connectivity index (χ1n) is 6.94. The molecule has 100 valence electrons. The average molecular weight is 257 g/mol. The molecular formula is C15H19N3O. The molecule has 0 unspecified atom stereocenters. The first kappa shape index (κ1) is 12.2. The van der Waals surface area contributed by atoms with Gasteiger partial charge in [-0.25, -0.2) is 0 Å². The summed E-state index contributed by atoms with van der Waals surface area (Å²) in [6, 6.07) is 5.64. The van der Waals surface area contributed by atoms with Crippen molar-refractivity contribution in [3.63, 3.8) is 0 Å². The number of H-pyrrole nitrogens is 1. The molecular weight excluding hydrogens is 238 g/mol. The lowest BCUT2D eigenvalue weighted by molar-refractivity contribution is 0.0944. The molecule has 0 radical (unpaired) electrons. The van der Waals surface area contributed by atoms with E-state index in [-0.39, 0.29) is 5.91 Å². The van der Waals surface area contributed by atoms with E-state index in [9.17, 15) is 4.79 Å². The van der Waals surface area contributed by atoms with Crippen LogP contribution in [-0.4, -0.2) is 22.6 Å². The van der Waals surface area contributed by atoms with Gasteiger partial charge in [0.05, 0.1) is 11.7 Å². The fourth-order valence-electron chi connectivity index (χ4n) is 2.67. The van der Waals surface area contributed by atoms with Crippen LogP contribution in [0.3, 0.4) is 0 Å². The van der Waals surface area contributed by atoms with E-state index >= 15 is 0 Å². The number of rotatable bonds is 5. The summed E-state index contributed by atoms with van der Waals surface area (Å²) in [5.74, 6) is 0.0129. The molecule has 3 rings (SSSR count). The Morgan fingerprint density at radius 1 is 1.47 bits per heavy atom. The molecule has 0 spiro atoms. The SMILES string of the molecule is CCCC1(CNC(=O)c2ccc3cn[nH]c3c2)CC1. The zero-order valence-corrected chi connectivity index (χ0v) is 11.2. The number of benzene rings is 1. The molecule has 4 nitrogen and oxygen atoms in total. The molecule has 2 N–H and O–H groups in total. The van der Waals surface area contributed by atoms with Crippen LogP contribution in [0, 0.1) is 5.41 Å². The molecule has 1 heterocycles. The zero-order valence-electron chi connectivity index (χ0n) is 11.2. The monoisotopic (exact) mass is 257 g/mol. The Hall–Kier alpha value is -1.84. The van der Waals surface area contributed by atoms with Gasteiger partial charge in [-0.1, -0.05) is 19.4 Å².